The Hall–Kier alpha value is -2.40. The number of piperidine rings is 1. The van der Waals surface area contributed by atoms with Gasteiger partial charge in [0.2, 0.25) is 0 Å². The summed E-state index contributed by atoms with van der Waals surface area (Å²) in [6.45, 7) is 3.84. The number of benzene rings is 2. The molecule has 0 spiro atoms. The molecule has 1 atom stereocenters. The van der Waals surface area contributed by atoms with Gasteiger partial charge in [0.25, 0.3) is 0 Å². The van der Waals surface area contributed by atoms with E-state index in [0.717, 1.165) is 51.1 Å². The summed E-state index contributed by atoms with van der Waals surface area (Å²) < 4.78 is 18.4. The first-order chi connectivity index (χ1) is 14.6. The number of hydrogen-bond donors (Lipinski definition) is 0. The van der Waals surface area contributed by atoms with Crippen LogP contribution in [0.3, 0.4) is 0 Å². The SMILES string of the molecule is COC(=O)C1CCN(C2CCc3cc(C4CN(c5cccc(F)c5)C4)ccc32)CC1. The number of fused-ring (bicyclic) bond motifs is 1. The lowest BCUT2D eigenvalue weighted by molar-refractivity contribution is -0.147. The Morgan fingerprint density at radius 1 is 1.07 bits per heavy atom. The largest absolute Gasteiger partial charge is 0.469 e. The molecule has 2 aliphatic heterocycles. The first-order valence-corrected chi connectivity index (χ1v) is 11.1. The van der Waals surface area contributed by atoms with E-state index in [2.05, 4.69) is 28.0 Å². The number of methoxy groups -OCH3 is 1. The third-order valence-corrected chi connectivity index (χ3v) is 7.24. The molecular weight excluding hydrogens is 379 g/mol. The van der Waals surface area contributed by atoms with Crippen molar-refractivity contribution < 1.29 is 13.9 Å². The molecule has 0 bridgehead atoms. The van der Waals surface area contributed by atoms with Crippen molar-refractivity contribution in [2.75, 3.05) is 38.2 Å². The average Bonchev–Trinajstić information content (AvgIpc) is 3.16. The Kier molecular flexibility index (Phi) is 5.23. The highest BCUT2D eigenvalue weighted by atomic mass is 19.1. The fourth-order valence-corrected chi connectivity index (χ4v) is 5.43. The summed E-state index contributed by atoms with van der Waals surface area (Å²) in [6, 6.07) is 14.4. The number of carbonyl (C=O) groups excluding carboxylic acids is 1. The summed E-state index contributed by atoms with van der Waals surface area (Å²) in [4.78, 5) is 16.6. The Balaban J connectivity index is 1.22. The number of likely N-dealkylation sites (tertiary alicyclic amines) is 1. The zero-order valence-electron chi connectivity index (χ0n) is 17.5. The molecule has 2 aromatic carbocycles. The van der Waals surface area contributed by atoms with Crippen molar-refractivity contribution in [2.24, 2.45) is 5.92 Å². The topological polar surface area (TPSA) is 32.8 Å². The summed E-state index contributed by atoms with van der Waals surface area (Å²) in [7, 11) is 1.49. The van der Waals surface area contributed by atoms with Crippen LogP contribution in [-0.4, -0.2) is 44.2 Å². The molecule has 5 heteroatoms. The van der Waals surface area contributed by atoms with Crippen molar-refractivity contribution in [3.05, 3.63) is 65.0 Å². The lowest BCUT2D eigenvalue weighted by Crippen LogP contribution is -2.45. The summed E-state index contributed by atoms with van der Waals surface area (Å²) in [5.74, 6) is 0.358. The molecular formula is C25H29FN2O2. The molecule has 1 aliphatic carbocycles. The lowest BCUT2D eigenvalue weighted by Gasteiger charge is -2.41. The molecule has 30 heavy (non-hydrogen) atoms. The number of esters is 1. The lowest BCUT2D eigenvalue weighted by atomic mass is 9.88. The molecule has 0 aromatic heterocycles. The van der Waals surface area contributed by atoms with E-state index in [1.165, 1.54) is 36.3 Å². The summed E-state index contributed by atoms with van der Waals surface area (Å²) in [5.41, 5.74) is 5.34. The molecule has 0 amide bonds. The second-order valence-corrected chi connectivity index (χ2v) is 8.93. The highest BCUT2D eigenvalue weighted by molar-refractivity contribution is 5.72. The zero-order valence-corrected chi connectivity index (χ0v) is 17.5. The Morgan fingerprint density at radius 3 is 2.60 bits per heavy atom. The van der Waals surface area contributed by atoms with E-state index in [1.54, 1.807) is 12.1 Å². The fourth-order valence-electron chi connectivity index (χ4n) is 5.43. The molecule has 0 saturated carbocycles. The number of nitrogens with zero attached hydrogens (tertiary/aromatic N) is 2. The van der Waals surface area contributed by atoms with Gasteiger partial charge in [-0.15, -0.1) is 0 Å². The van der Waals surface area contributed by atoms with Crippen LogP contribution in [0, 0.1) is 11.7 Å². The van der Waals surface area contributed by atoms with Gasteiger partial charge in [-0.1, -0.05) is 24.3 Å². The van der Waals surface area contributed by atoms with Crippen LogP contribution in [0.5, 0.6) is 0 Å². The van der Waals surface area contributed by atoms with Gasteiger partial charge in [0.15, 0.2) is 0 Å². The molecule has 0 N–H and O–H groups in total. The number of carbonyl (C=O) groups is 1. The van der Waals surface area contributed by atoms with Crippen molar-refractivity contribution in [3.63, 3.8) is 0 Å². The zero-order chi connectivity index (χ0) is 20.7. The molecule has 1 unspecified atom stereocenters. The average molecular weight is 409 g/mol. The maximum absolute atomic E-state index is 13.5. The van der Waals surface area contributed by atoms with Gasteiger partial charge in [-0.25, -0.2) is 4.39 Å². The van der Waals surface area contributed by atoms with E-state index in [-0.39, 0.29) is 17.7 Å². The van der Waals surface area contributed by atoms with E-state index in [9.17, 15) is 9.18 Å². The van der Waals surface area contributed by atoms with Gasteiger partial charge in [0, 0.05) is 30.7 Å². The summed E-state index contributed by atoms with van der Waals surface area (Å²) in [5, 5.41) is 0. The minimum atomic E-state index is -0.171. The predicted molar refractivity (Wildman–Crippen MR) is 115 cm³/mol. The Labute approximate surface area is 177 Å². The van der Waals surface area contributed by atoms with E-state index in [0.29, 0.717) is 12.0 Å². The predicted octanol–water partition coefficient (Wildman–Crippen LogP) is 4.30. The van der Waals surface area contributed by atoms with E-state index in [1.807, 2.05) is 6.07 Å². The normalized spacial score (nSPS) is 22.6. The van der Waals surface area contributed by atoms with Gasteiger partial charge in [-0.05, 0) is 73.7 Å². The van der Waals surface area contributed by atoms with Crippen molar-refractivity contribution >= 4 is 11.7 Å². The van der Waals surface area contributed by atoms with E-state index < -0.39 is 0 Å². The first kappa shape index (κ1) is 19.6. The molecule has 2 fully saturated rings. The van der Waals surface area contributed by atoms with Crippen LogP contribution < -0.4 is 4.90 Å². The van der Waals surface area contributed by atoms with Crippen LogP contribution in [0.4, 0.5) is 10.1 Å². The van der Waals surface area contributed by atoms with Crippen LogP contribution >= 0.6 is 0 Å². The van der Waals surface area contributed by atoms with E-state index >= 15 is 0 Å². The monoisotopic (exact) mass is 408 g/mol. The molecule has 3 aliphatic rings. The van der Waals surface area contributed by atoms with Gasteiger partial charge in [-0.2, -0.15) is 0 Å². The van der Waals surface area contributed by atoms with Gasteiger partial charge < -0.3 is 9.64 Å². The molecule has 158 valence electrons. The van der Waals surface area contributed by atoms with Crippen LogP contribution in [0.1, 0.15) is 47.9 Å². The van der Waals surface area contributed by atoms with Crippen molar-refractivity contribution in [3.8, 4) is 0 Å². The number of aryl methyl sites for hydroxylation is 1. The van der Waals surface area contributed by atoms with E-state index in [4.69, 9.17) is 4.74 Å². The molecule has 2 heterocycles. The summed E-state index contributed by atoms with van der Waals surface area (Å²) in [6.07, 6.45) is 4.09. The number of anilines is 1. The highest BCUT2D eigenvalue weighted by Gasteiger charge is 2.34. The third-order valence-electron chi connectivity index (χ3n) is 7.24. The molecule has 0 radical (unpaired) electrons. The minimum absolute atomic E-state index is 0.0566. The maximum Gasteiger partial charge on any atom is 0.308 e. The Bertz CT molecular complexity index is 932. The third kappa shape index (κ3) is 3.60. The number of hydrogen-bond acceptors (Lipinski definition) is 4. The van der Waals surface area contributed by atoms with Crippen LogP contribution in [0.15, 0.2) is 42.5 Å². The quantitative estimate of drug-likeness (QED) is 0.706. The smallest absolute Gasteiger partial charge is 0.308 e. The van der Waals surface area contributed by atoms with Gasteiger partial charge in [0.05, 0.1) is 13.0 Å². The van der Waals surface area contributed by atoms with Crippen LogP contribution in [0.25, 0.3) is 0 Å². The van der Waals surface area contributed by atoms with Crippen molar-refractivity contribution in [1.82, 2.24) is 4.90 Å². The Morgan fingerprint density at radius 2 is 1.87 bits per heavy atom. The van der Waals surface area contributed by atoms with Gasteiger partial charge in [-0.3, -0.25) is 9.69 Å². The minimum Gasteiger partial charge on any atom is -0.469 e. The molecule has 2 saturated heterocycles. The van der Waals surface area contributed by atoms with Crippen LogP contribution in [-0.2, 0) is 16.0 Å². The van der Waals surface area contributed by atoms with Gasteiger partial charge >= 0.3 is 5.97 Å². The second kappa shape index (κ2) is 8.03. The highest BCUT2D eigenvalue weighted by Crippen LogP contribution is 2.40. The fraction of sp³-hybridized carbons (Fsp3) is 0.480. The van der Waals surface area contributed by atoms with Crippen LogP contribution in [0.2, 0.25) is 0 Å². The summed E-state index contributed by atoms with van der Waals surface area (Å²) >= 11 is 0. The number of rotatable bonds is 4. The molecule has 4 nitrogen and oxygen atoms in total. The second-order valence-electron chi connectivity index (χ2n) is 8.93. The standard InChI is InChI=1S/C25H29FN2O2/c1-30-25(29)17-9-11-27(12-10-17)24-8-6-19-13-18(5-7-23(19)24)20-15-28(16-20)22-4-2-3-21(26)14-22/h2-5,7,13-14,17,20,24H,6,8-12,15-16H2,1H3. The van der Waals surface area contributed by atoms with Crippen molar-refractivity contribution in [2.45, 2.75) is 37.6 Å². The molecule has 2 aromatic rings. The molecule has 5 rings (SSSR count). The first-order valence-electron chi connectivity index (χ1n) is 11.1. The van der Waals surface area contributed by atoms with Gasteiger partial charge in [0.1, 0.15) is 5.82 Å². The number of halogens is 1. The number of ether oxygens (including phenoxy) is 1. The maximum atomic E-state index is 13.5. The van der Waals surface area contributed by atoms with Crippen molar-refractivity contribution in [1.29, 1.82) is 0 Å².